The van der Waals surface area contributed by atoms with Gasteiger partial charge in [0.05, 0.1) is 0 Å². The molecule has 0 aliphatic heterocycles. The second-order valence-electron chi connectivity index (χ2n) is 3.97. The molecule has 0 aromatic heterocycles. The van der Waals surface area contributed by atoms with Crippen LogP contribution >= 0.6 is 0 Å². The molecule has 0 spiro atoms. The Kier molecular flexibility index (Phi) is 2.54. The van der Waals surface area contributed by atoms with E-state index in [4.69, 9.17) is 0 Å². The van der Waals surface area contributed by atoms with Gasteiger partial charge in [-0.15, -0.1) is 0 Å². The highest BCUT2D eigenvalue weighted by molar-refractivity contribution is 5.13. The lowest BCUT2D eigenvalue weighted by Crippen LogP contribution is -2.72. The third kappa shape index (κ3) is 1.15. The molecule has 0 bridgehead atoms. The lowest BCUT2D eigenvalue weighted by molar-refractivity contribution is -0.420. The van der Waals surface area contributed by atoms with Crippen molar-refractivity contribution in [1.29, 1.82) is 0 Å². The number of rotatable bonds is 0. The lowest BCUT2D eigenvalue weighted by atomic mass is 9.71. The molecule has 0 saturated heterocycles. The Morgan fingerprint density at radius 2 is 0.750 bits per heavy atom. The SMILES string of the molecule is C[C@@H]1[C@H](C)C(F)(F)C(F)(F)C(F)(F)C1(F)F. The Balaban J connectivity index is 3.42. The third-order valence-corrected chi connectivity index (χ3v) is 3.13. The van der Waals surface area contributed by atoms with Crippen LogP contribution in [0.5, 0.6) is 0 Å². The van der Waals surface area contributed by atoms with Gasteiger partial charge in [-0.3, -0.25) is 0 Å². The van der Waals surface area contributed by atoms with E-state index in [1.54, 1.807) is 0 Å². The van der Waals surface area contributed by atoms with Crippen LogP contribution in [-0.4, -0.2) is 23.7 Å². The Morgan fingerprint density at radius 3 is 0.938 bits per heavy atom. The van der Waals surface area contributed by atoms with Gasteiger partial charge in [-0.25, -0.2) is 0 Å². The first-order valence-corrected chi connectivity index (χ1v) is 4.33. The second kappa shape index (κ2) is 3.01. The molecule has 1 fully saturated rings. The maximum atomic E-state index is 12.9. The van der Waals surface area contributed by atoms with Gasteiger partial charge < -0.3 is 0 Å². The highest BCUT2D eigenvalue weighted by Crippen LogP contribution is 2.63. The first-order valence-electron chi connectivity index (χ1n) is 4.33. The monoisotopic (exact) mass is 256 g/mol. The van der Waals surface area contributed by atoms with Crippen molar-refractivity contribution in [2.75, 3.05) is 0 Å². The summed E-state index contributed by atoms with van der Waals surface area (Å²) in [4.78, 5) is 0. The Labute approximate surface area is 85.6 Å². The topological polar surface area (TPSA) is 0 Å². The zero-order chi connectivity index (χ0) is 13.2. The summed E-state index contributed by atoms with van der Waals surface area (Å²) in [6.07, 6.45) is 0. The summed E-state index contributed by atoms with van der Waals surface area (Å²) < 4.78 is 102. The molecule has 0 N–H and O–H groups in total. The maximum absolute atomic E-state index is 12.9. The highest BCUT2D eigenvalue weighted by Gasteiger charge is 2.87. The van der Waals surface area contributed by atoms with Crippen LogP contribution < -0.4 is 0 Å². The smallest absolute Gasteiger partial charge is 0.199 e. The van der Waals surface area contributed by atoms with Gasteiger partial charge in [-0.1, -0.05) is 13.8 Å². The molecule has 1 saturated carbocycles. The van der Waals surface area contributed by atoms with Crippen LogP contribution in [0.15, 0.2) is 0 Å². The van der Waals surface area contributed by atoms with Gasteiger partial charge in [0.2, 0.25) is 0 Å². The van der Waals surface area contributed by atoms with E-state index in [2.05, 4.69) is 0 Å². The summed E-state index contributed by atoms with van der Waals surface area (Å²) in [7, 11) is 0. The van der Waals surface area contributed by atoms with Crippen LogP contribution in [0.2, 0.25) is 0 Å². The van der Waals surface area contributed by atoms with Gasteiger partial charge in [0, 0.05) is 11.8 Å². The van der Waals surface area contributed by atoms with Crippen LogP contribution in [-0.2, 0) is 0 Å². The van der Waals surface area contributed by atoms with Crippen molar-refractivity contribution in [3.63, 3.8) is 0 Å². The van der Waals surface area contributed by atoms with Gasteiger partial charge in [0.15, 0.2) is 0 Å². The van der Waals surface area contributed by atoms with Crippen molar-refractivity contribution in [2.24, 2.45) is 11.8 Å². The van der Waals surface area contributed by atoms with Gasteiger partial charge in [0.25, 0.3) is 0 Å². The number of alkyl halides is 8. The van der Waals surface area contributed by atoms with Crippen LogP contribution in [0.25, 0.3) is 0 Å². The van der Waals surface area contributed by atoms with Crippen molar-refractivity contribution in [1.82, 2.24) is 0 Å². The van der Waals surface area contributed by atoms with E-state index in [1.807, 2.05) is 0 Å². The molecular formula is C8H8F8. The lowest BCUT2D eigenvalue weighted by Gasteiger charge is -2.48. The van der Waals surface area contributed by atoms with E-state index in [0.717, 1.165) is 0 Å². The average molecular weight is 256 g/mol. The molecule has 96 valence electrons. The normalized spacial score (nSPS) is 39.4. The molecule has 2 atom stereocenters. The summed E-state index contributed by atoms with van der Waals surface area (Å²) in [5.41, 5.74) is 0. The van der Waals surface area contributed by atoms with E-state index >= 15 is 0 Å². The van der Waals surface area contributed by atoms with Crippen LogP contribution in [0.4, 0.5) is 35.1 Å². The summed E-state index contributed by atoms with van der Waals surface area (Å²) in [6, 6.07) is 0. The molecule has 0 aromatic rings. The van der Waals surface area contributed by atoms with Crippen molar-refractivity contribution in [3.05, 3.63) is 0 Å². The summed E-state index contributed by atoms with van der Waals surface area (Å²) in [5, 5.41) is 0. The Morgan fingerprint density at radius 1 is 0.562 bits per heavy atom. The minimum absolute atomic E-state index is 0.404. The zero-order valence-corrected chi connectivity index (χ0v) is 8.18. The molecule has 0 aromatic carbocycles. The third-order valence-electron chi connectivity index (χ3n) is 3.13. The molecule has 16 heavy (non-hydrogen) atoms. The van der Waals surface area contributed by atoms with Crippen molar-refractivity contribution in [2.45, 2.75) is 37.5 Å². The molecular weight excluding hydrogens is 248 g/mol. The van der Waals surface area contributed by atoms with E-state index in [1.165, 1.54) is 0 Å². The average Bonchev–Trinajstić information content (AvgIpc) is 2.12. The quantitative estimate of drug-likeness (QED) is 0.578. The minimum atomic E-state index is -6.06. The fourth-order valence-corrected chi connectivity index (χ4v) is 1.62. The highest BCUT2D eigenvalue weighted by atomic mass is 19.4. The van der Waals surface area contributed by atoms with Crippen molar-refractivity contribution in [3.8, 4) is 0 Å². The van der Waals surface area contributed by atoms with Crippen molar-refractivity contribution >= 4 is 0 Å². The van der Waals surface area contributed by atoms with Gasteiger partial charge >= 0.3 is 23.7 Å². The molecule has 1 aliphatic carbocycles. The van der Waals surface area contributed by atoms with Gasteiger partial charge in [0.1, 0.15) is 0 Å². The first-order chi connectivity index (χ1) is 6.82. The van der Waals surface area contributed by atoms with Gasteiger partial charge in [-0.2, -0.15) is 35.1 Å². The van der Waals surface area contributed by atoms with Crippen LogP contribution in [0, 0.1) is 11.8 Å². The second-order valence-corrected chi connectivity index (χ2v) is 3.97. The number of halogens is 8. The first kappa shape index (κ1) is 13.5. The molecule has 8 heteroatoms. The van der Waals surface area contributed by atoms with E-state index in [9.17, 15) is 35.1 Å². The molecule has 1 rings (SSSR count). The molecule has 1 aliphatic rings. The minimum Gasteiger partial charge on any atom is -0.199 e. The summed E-state index contributed by atoms with van der Waals surface area (Å²) in [5.74, 6) is -27.5. The number of hydrogen-bond acceptors (Lipinski definition) is 0. The molecule has 0 radical (unpaired) electrons. The fraction of sp³-hybridized carbons (Fsp3) is 1.00. The van der Waals surface area contributed by atoms with E-state index < -0.39 is 35.5 Å². The van der Waals surface area contributed by atoms with Gasteiger partial charge in [-0.05, 0) is 0 Å². The van der Waals surface area contributed by atoms with E-state index in [0.29, 0.717) is 13.8 Å². The van der Waals surface area contributed by atoms with Crippen molar-refractivity contribution < 1.29 is 35.1 Å². The van der Waals surface area contributed by atoms with Crippen LogP contribution in [0.1, 0.15) is 13.8 Å². The zero-order valence-electron chi connectivity index (χ0n) is 8.18. The maximum Gasteiger partial charge on any atom is 0.378 e. The predicted octanol–water partition coefficient (Wildman–Crippen LogP) is 3.81. The molecule has 0 heterocycles. The molecule has 0 amide bonds. The standard InChI is InChI=1S/C8H8F8/c1-3-4(2)6(11,12)8(15,16)7(13,14)5(3,9)10/h3-4H,1-2H3/t3-,4+. The molecule has 0 nitrogen and oxygen atoms in total. The molecule has 0 unspecified atom stereocenters. The number of hydrogen-bond donors (Lipinski definition) is 0. The predicted molar refractivity (Wildman–Crippen MR) is 38.1 cm³/mol. The Hall–Kier alpha value is -0.560. The fourth-order valence-electron chi connectivity index (χ4n) is 1.62. The van der Waals surface area contributed by atoms with E-state index in [-0.39, 0.29) is 0 Å². The van der Waals surface area contributed by atoms with Crippen LogP contribution in [0.3, 0.4) is 0 Å². The summed E-state index contributed by atoms with van der Waals surface area (Å²) >= 11 is 0. The Bertz CT molecular complexity index is 264. The largest absolute Gasteiger partial charge is 0.378 e. The summed E-state index contributed by atoms with van der Waals surface area (Å²) in [6.45, 7) is 0.809.